The van der Waals surface area contributed by atoms with Crippen molar-refractivity contribution in [3.05, 3.63) is 46.6 Å². The Morgan fingerprint density at radius 1 is 1.39 bits per heavy atom. The molecule has 0 aliphatic heterocycles. The van der Waals surface area contributed by atoms with E-state index in [1.54, 1.807) is 0 Å². The molecule has 1 aromatic carbocycles. The van der Waals surface area contributed by atoms with E-state index in [1.807, 2.05) is 38.1 Å². The van der Waals surface area contributed by atoms with E-state index in [9.17, 15) is 0 Å². The SMILES string of the molecule is CCC(C)(N)c1noc(Cc2ccccc2Cl)n1. The topological polar surface area (TPSA) is 64.9 Å². The summed E-state index contributed by atoms with van der Waals surface area (Å²) in [7, 11) is 0. The fourth-order valence-corrected chi connectivity index (χ4v) is 1.72. The van der Waals surface area contributed by atoms with E-state index in [-0.39, 0.29) is 0 Å². The number of hydrogen-bond donors (Lipinski definition) is 1. The molecule has 0 radical (unpaired) electrons. The Morgan fingerprint density at radius 3 is 2.78 bits per heavy atom. The van der Waals surface area contributed by atoms with E-state index in [4.69, 9.17) is 21.9 Å². The number of hydrogen-bond acceptors (Lipinski definition) is 4. The lowest BCUT2D eigenvalue weighted by Gasteiger charge is -2.16. The second-order valence-electron chi connectivity index (χ2n) is 4.55. The molecular weight excluding hydrogens is 250 g/mol. The van der Waals surface area contributed by atoms with Crippen molar-refractivity contribution in [3.63, 3.8) is 0 Å². The first-order chi connectivity index (χ1) is 8.53. The molecule has 2 aromatic rings. The monoisotopic (exact) mass is 265 g/mol. The van der Waals surface area contributed by atoms with Crippen molar-refractivity contribution in [2.24, 2.45) is 5.73 Å². The molecule has 1 heterocycles. The van der Waals surface area contributed by atoms with Gasteiger partial charge in [0, 0.05) is 5.02 Å². The summed E-state index contributed by atoms with van der Waals surface area (Å²) in [6, 6.07) is 7.59. The highest BCUT2D eigenvalue weighted by Gasteiger charge is 2.25. The summed E-state index contributed by atoms with van der Waals surface area (Å²) in [6.07, 6.45) is 1.27. The van der Waals surface area contributed by atoms with Crippen LogP contribution in [-0.4, -0.2) is 10.1 Å². The molecule has 0 saturated heterocycles. The van der Waals surface area contributed by atoms with Crippen LogP contribution in [0.5, 0.6) is 0 Å². The summed E-state index contributed by atoms with van der Waals surface area (Å²) < 4.78 is 5.21. The average molecular weight is 266 g/mol. The number of nitrogens with zero attached hydrogens (tertiary/aromatic N) is 2. The van der Waals surface area contributed by atoms with E-state index in [0.717, 1.165) is 12.0 Å². The zero-order valence-electron chi connectivity index (χ0n) is 10.5. The maximum Gasteiger partial charge on any atom is 0.231 e. The van der Waals surface area contributed by atoms with Gasteiger partial charge in [-0.05, 0) is 25.0 Å². The van der Waals surface area contributed by atoms with Crippen LogP contribution < -0.4 is 5.73 Å². The number of aromatic nitrogens is 2. The predicted molar refractivity (Wildman–Crippen MR) is 70.4 cm³/mol. The molecule has 0 aliphatic carbocycles. The van der Waals surface area contributed by atoms with Crippen molar-refractivity contribution in [2.75, 3.05) is 0 Å². The van der Waals surface area contributed by atoms with E-state index < -0.39 is 5.54 Å². The van der Waals surface area contributed by atoms with Gasteiger partial charge in [0.1, 0.15) is 0 Å². The van der Waals surface area contributed by atoms with Crippen molar-refractivity contribution < 1.29 is 4.52 Å². The summed E-state index contributed by atoms with van der Waals surface area (Å²) in [5.41, 5.74) is 6.47. The first-order valence-corrected chi connectivity index (χ1v) is 6.26. The molecule has 0 aliphatic rings. The summed E-state index contributed by atoms with van der Waals surface area (Å²) >= 11 is 6.08. The van der Waals surface area contributed by atoms with Gasteiger partial charge in [0.25, 0.3) is 0 Å². The fraction of sp³-hybridized carbons (Fsp3) is 0.385. The second-order valence-corrected chi connectivity index (χ2v) is 4.96. The van der Waals surface area contributed by atoms with Crippen LogP contribution in [0.4, 0.5) is 0 Å². The molecule has 0 fully saturated rings. The molecule has 18 heavy (non-hydrogen) atoms. The molecule has 1 aromatic heterocycles. The third kappa shape index (κ3) is 2.71. The Labute approximate surface area is 111 Å². The number of rotatable bonds is 4. The molecular formula is C13H16ClN3O. The molecule has 0 spiro atoms. The van der Waals surface area contributed by atoms with E-state index in [1.165, 1.54) is 0 Å². The Hall–Kier alpha value is -1.39. The van der Waals surface area contributed by atoms with Gasteiger partial charge in [-0.15, -0.1) is 0 Å². The smallest absolute Gasteiger partial charge is 0.231 e. The minimum Gasteiger partial charge on any atom is -0.339 e. The van der Waals surface area contributed by atoms with Crippen LogP contribution in [0, 0.1) is 0 Å². The van der Waals surface area contributed by atoms with Gasteiger partial charge in [-0.2, -0.15) is 4.98 Å². The molecule has 4 nitrogen and oxygen atoms in total. The van der Waals surface area contributed by atoms with Crippen LogP contribution in [0.3, 0.4) is 0 Å². The maximum absolute atomic E-state index is 6.08. The third-order valence-corrected chi connectivity index (χ3v) is 3.38. The highest BCUT2D eigenvalue weighted by atomic mass is 35.5. The second kappa shape index (κ2) is 5.08. The minimum atomic E-state index is -0.553. The van der Waals surface area contributed by atoms with Gasteiger partial charge < -0.3 is 10.3 Å². The average Bonchev–Trinajstić information content (AvgIpc) is 2.81. The fourth-order valence-electron chi connectivity index (χ4n) is 1.52. The van der Waals surface area contributed by atoms with Crippen molar-refractivity contribution in [3.8, 4) is 0 Å². The van der Waals surface area contributed by atoms with Gasteiger partial charge in [0.2, 0.25) is 5.89 Å². The Morgan fingerprint density at radius 2 is 2.11 bits per heavy atom. The summed E-state index contributed by atoms with van der Waals surface area (Å²) in [5, 5.41) is 4.63. The number of benzene rings is 1. The highest BCUT2D eigenvalue weighted by molar-refractivity contribution is 6.31. The van der Waals surface area contributed by atoms with Crippen LogP contribution in [0.25, 0.3) is 0 Å². The van der Waals surface area contributed by atoms with Crippen molar-refractivity contribution >= 4 is 11.6 Å². The van der Waals surface area contributed by atoms with Crippen molar-refractivity contribution in [1.82, 2.24) is 10.1 Å². The maximum atomic E-state index is 6.08. The lowest BCUT2D eigenvalue weighted by atomic mass is 10.00. The first kappa shape index (κ1) is 13.1. The molecule has 0 saturated carbocycles. The first-order valence-electron chi connectivity index (χ1n) is 5.88. The van der Waals surface area contributed by atoms with Gasteiger partial charge in [-0.3, -0.25) is 0 Å². The molecule has 2 N–H and O–H groups in total. The molecule has 96 valence electrons. The normalized spacial score (nSPS) is 14.4. The van der Waals surface area contributed by atoms with Crippen LogP contribution in [0.15, 0.2) is 28.8 Å². The van der Waals surface area contributed by atoms with Gasteiger partial charge >= 0.3 is 0 Å². The summed E-state index contributed by atoms with van der Waals surface area (Å²) in [6.45, 7) is 3.88. The van der Waals surface area contributed by atoms with Gasteiger partial charge in [0.15, 0.2) is 5.82 Å². The zero-order valence-corrected chi connectivity index (χ0v) is 11.2. The minimum absolute atomic E-state index is 0.520. The number of nitrogens with two attached hydrogens (primary N) is 1. The van der Waals surface area contributed by atoms with Crippen molar-refractivity contribution in [2.45, 2.75) is 32.2 Å². The van der Waals surface area contributed by atoms with Gasteiger partial charge in [-0.1, -0.05) is 41.9 Å². The molecule has 5 heteroatoms. The standard InChI is InChI=1S/C13H16ClN3O/c1-3-13(2,15)12-16-11(18-17-12)8-9-6-4-5-7-10(9)14/h4-7H,3,8,15H2,1-2H3. The van der Waals surface area contributed by atoms with Gasteiger partial charge in [-0.25, -0.2) is 0 Å². The quantitative estimate of drug-likeness (QED) is 0.923. The van der Waals surface area contributed by atoms with E-state index in [0.29, 0.717) is 23.2 Å². The highest BCUT2D eigenvalue weighted by Crippen LogP contribution is 2.21. The van der Waals surface area contributed by atoms with Crippen molar-refractivity contribution in [1.29, 1.82) is 0 Å². The van der Waals surface area contributed by atoms with Gasteiger partial charge in [0.05, 0.1) is 12.0 Å². The molecule has 1 unspecified atom stereocenters. The number of halogens is 1. The molecule has 0 amide bonds. The predicted octanol–water partition coefficient (Wildman–Crippen LogP) is 2.90. The van der Waals surface area contributed by atoms with E-state index in [2.05, 4.69) is 10.1 Å². The molecule has 1 atom stereocenters. The third-order valence-electron chi connectivity index (χ3n) is 3.01. The van der Waals surface area contributed by atoms with Crippen LogP contribution in [0.2, 0.25) is 5.02 Å². The lowest BCUT2D eigenvalue weighted by molar-refractivity contribution is 0.356. The lowest BCUT2D eigenvalue weighted by Crippen LogP contribution is -2.33. The Bertz CT molecular complexity index is 537. The zero-order chi connectivity index (χ0) is 13.2. The Balaban J connectivity index is 2.20. The summed E-state index contributed by atoms with van der Waals surface area (Å²) in [4.78, 5) is 4.33. The molecule has 2 rings (SSSR count). The largest absolute Gasteiger partial charge is 0.339 e. The van der Waals surface area contributed by atoms with Crippen LogP contribution in [-0.2, 0) is 12.0 Å². The van der Waals surface area contributed by atoms with E-state index >= 15 is 0 Å². The van der Waals surface area contributed by atoms with Crippen LogP contribution in [0.1, 0.15) is 37.5 Å². The van der Waals surface area contributed by atoms with Crippen LogP contribution >= 0.6 is 11.6 Å². The summed E-state index contributed by atoms with van der Waals surface area (Å²) in [5.74, 6) is 1.07. The molecule has 0 bridgehead atoms. The Kier molecular flexibility index (Phi) is 3.68.